The molecule has 6 nitrogen and oxygen atoms in total. The van der Waals surface area contributed by atoms with E-state index in [1.54, 1.807) is 24.3 Å². The van der Waals surface area contributed by atoms with Crippen LogP contribution in [0.25, 0.3) is 0 Å². The van der Waals surface area contributed by atoms with Crippen LogP contribution < -0.4 is 10.1 Å². The summed E-state index contributed by atoms with van der Waals surface area (Å²) in [7, 11) is 0. The molecule has 0 saturated heterocycles. The van der Waals surface area contributed by atoms with Gasteiger partial charge < -0.3 is 9.47 Å². The lowest BCUT2D eigenvalue weighted by atomic mass is 10.2. The van der Waals surface area contributed by atoms with E-state index in [1.807, 2.05) is 6.07 Å². The predicted molar refractivity (Wildman–Crippen MR) is 93.7 cm³/mol. The van der Waals surface area contributed by atoms with E-state index in [0.29, 0.717) is 0 Å². The van der Waals surface area contributed by atoms with E-state index in [9.17, 15) is 13.6 Å². The monoisotopic (exact) mass is 391 g/mol. The molecule has 0 radical (unpaired) electrons. The fraction of sp³-hybridized carbons (Fsp3) is 0.0556. The van der Waals surface area contributed by atoms with Gasteiger partial charge in [-0.25, -0.2) is 23.5 Å². The number of carbonyl (C=O) groups is 1. The van der Waals surface area contributed by atoms with E-state index in [0.717, 1.165) is 24.0 Å². The van der Waals surface area contributed by atoms with Gasteiger partial charge in [0.25, 0.3) is 0 Å². The van der Waals surface area contributed by atoms with E-state index >= 15 is 0 Å². The van der Waals surface area contributed by atoms with E-state index < -0.39 is 29.2 Å². The molecule has 0 aliphatic heterocycles. The van der Waals surface area contributed by atoms with Gasteiger partial charge in [-0.3, -0.25) is 5.32 Å². The summed E-state index contributed by atoms with van der Waals surface area (Å²) in [6, 6.07) is 11.7. The number of aromatic nitrogens is 2. The average Bonchev–Trinajstić information content (AvgIpc) is 2.65. The van der Waals surface area contributed by atoms with Crippen molar-refractivity contribution in [3.05, 3.63) is 77.2 Å². The number of benzene rings is 2. The highest BCUT2D eigenvalue weighted by Gasteiger charge is 2.15. The van der Waals surface area contributed by atoms with E-state index in [-0.39, 0.29) is 17.6 Å². The van der Waals surface area contributed by atoms with Gasteiger partial charge in [0.15, 0.2) is 17.4 Å². The number of halogens is 3. The summed E-state index contributed by atoms with van der Waals surface area (Å²) in [6.45, 7) is -0.00750. The minimum Gasteiger partial charge on any atom is -0.444 e. The SMILES string of the molecule is O=C(Nc1cc(F)c(Oc2cc(Cl)ncn2)cc1F)OCc1ccccc1. The summed E-state index contributed by atoms with van der Waals surface area (Å²) in [4.78, 5) is 19.2. The molecule has 0 bridgehead atoms. The second kappa shape index (κ2) is 8.41. The summed E-state index contributed by atoms with van der Waals surface area (Å²) in [6.07, 6.45) is 0.193. The maximum Gasteiger partial charge on any atom is 0.412 e. The fourth-order valence-corrected chi connectivity index (χ4v) is 2.19. The lowest BCUT2D eigenvalue weighted by molar-refractivity contribution is 0.155. The number of rotatable bonds is 5. The number of hydrogen-bond donors (Lipinski definition) is 1. The lowest BCUT2D eigenvalue weighted by Gasteiger charge is -2.11. The Morgan fingerprint density at radius 3 is 2.59 bits per heavy atom. The molecule has 1 aromatic heterocycles. The number of nitrogens with one attached hydrogen (secondary N) is 1. The Kier molecular flexibility index (Phi) is 5.77. The number of amides is 1. The second-order valence-electron chi connectivity index (χ2n) is 5.23. The Labute approximate surface area is 157 Å². The molecule has 3 aromatic rings. The normalized spacial score (nSPS) is 10.3. The molecular formula is C18H12ClF2N3O3. The Bertz CT molecular complexity index is 958. The smallest absolute Gasteiger partial charge is 0.412 e. The number of hydrogen-bond acceptors (Lipinski definition) is 5. The van der Waals surface area contributed by atoms with Crippen LogP contribution in [-0.4, -0.2) is 16.1 Å². The zero-order valence-electron chi connectivity index (χ0n) is 13.7. The minimum absolute atomic E-state index is 0.00750. The van der Waals surface area contributed by atoms with Crippen LogP contribution in [0.1, 0.15) is 5.56 Å². The van der Waals surface area contributed by atoms with Crippen molar-refractivity contribution in [2.24, 2.45) is 0 Å². The zero-order valence-corrected chi connectivity index (χ0v) is 14.4. The molecule has 0 unspecified atom stereocenters. The van der Waals surface area contributed by atoms with Gasteiger partial charge in [0.05, 0.1) is 5.69 Å². The Balaban J connectivity index is 1.66. The molecular weight excluding hydrogens is 380 g/mol. The number of anilines is 1. The third-order valence-electron chi connectivity index (χ3n) is 3.29. The Morgan fingerprint density at radius 1 is 1.07 bits per heavy atom. The van der Waals surface area contributed by atoms with Crippen LogP contribution in [0.4, 0.5) is 19.3 Å². The van der Waals surface area contributed by atoms with Crippen molar-refractivity contribution in [3.63, 3.8) is 0 Å². The molecule has 0 saturated carbocycles. The topological polar surface area (TPSA) is 73.3 Å². The van der Waals surface area contributed by atoms with Gasteiger partial charge in [-0.1, -0.05) is 41.9 Å². The molecule has 0 aliphatic carbocycles. The van der Waals surface area contributed by atoms with Gasteiger partial charge in [-0.2, -0.15) is 0 Å². The lowest BCUT2D eigenvalue weighted by Crippen LogP contribution is -2.14. The molecule has 9 heteroatoms. The van der Waals surface area contributed by atoms with Gasteiger partial charge >= 0.3 is 6.09 Å². The van der Waals surface area contributed by atoms with Crippen molar-refractivity contribution in [2.75, 3.05) is 5.32 Å². The molecule has 2 aromatic carbocycles. The van der Waals surface area contributed by atoms with Crippen LogP contribution in [-0.2, 0) is 11.3 Å². The third-order valence-corrected chi connectivity index (χ3v) is 3.50. The van der Waals surface area contributed by atoms with Crippen LogP contribution >= 0.6 is 11.6 Å². The van der Waals surface area contributed by atoms with Gasteiger partial charge in [0.2, 0.25) is 5.88 Å². The largest absolute Gasteiger partial charge is 0.444 e. The highest BCUT2D eigenvalue weighted by atomic mass is 35.5. The summed E-state index contributed by atoms with van der Waals surface area (Å²) in [5.41, 5.74) is 0.366. The molecule has 1 N–H and O–H groups in total. The predicted octanol–water partition coefficient (Wildman–Crippen LogP) is 4.95. The van der Waals surface area contributed by atoms with Crippen LogP contribution in [0, 0.1) is 11.6 Å². The number of carbonyl (C=O) groups excluding carboxylic acids is 1. The van der Waals surface area contributed by atoms with Crippen LogP contribution in [0.2, 0.25) is 5.15 Å². The summed E-state index contributed by atoms with van der Waals surface area (Å²) in [5.74, 6) is -2.31. The first-order chi connectivity index (χ1) is 13.0. The molecule has 27 heavy (non-hydrogen) atoms. The summed E-state index contributed by atoms with van der Waals surface area (Å²) < 4.78 is 38.4. The summed E-state index contributed by atoms with van der Waals surface area (Å²) in [5, 5.41) is 2.23. The van der Waals surface area contributed by atoms with Crippen LogP contribution in [0.15, 0.2) is 54.9 Å². The zero-order chi connectivity index (χ0) is 19.2. The van der Waals surface area contributed by atoms with Crippen molar-refractivity contribution < 1.29 is 23.0 Å². The summed E-state index contributed by atoms with van der Waals surface area (Å²) >= 11 is 5.68. The molecule has 0 fully saturated rings. The maximum absolute atomic E-state index is 14.2. The van der Waals surface area contributed by atoms with Crippen molar-refractivity contribution in [2.45, 2.75) is 6.61 Å². The Hall–Kier alpha value is -3.26. The highest BCUT2D eigenvalue weighted by Crippen LogP contribution is 2.29. The second-order valence-corrected chi connectivity index (χ2v) is 5.62. The number of ether oxygens (including phenoxy) is 2. The van der Waals surface area contributed by atoms with Crippen molar-refractivity contribution in [3.8, 4) is 11.6 Å². The molecule has 3 rings (SSSR count). The Morgan fingerprint density at radius 2 is 1.85 bits per heavy atom. The van der Waals surface area contributed by atoms with Gasteiger partial charge in [0.1, 0.15) is 18.1 Å². The van der Waals surface area contributed by atoms with Gasteiger partial charge in [-0.15, -0.1) is 0 Å². The molecule has 138 valence electrons. The van der Waals surface area contributed by atoms with Crippen molar-refractivity contribution in [1.29, 1.82) is 0 Å². The van der Waals surface area contributed by atoms with E-state index in [4.69, 9.17) is 21.1 Å². The van der Waals surface area contributed by atoms with E-state index in [1.165, 1.54) is 6.07 Å². The first-order valence-corrected chi connectivity index (χ1v) is 8.01. The van der Waals surface area contributed by atoms with Crippen molar-refractivity contribution in [1.82, 2.24) is 9.97 Å². The standard InChI is InChI=1S/C18H12ClF2N3O3/c19-16-8-17(23-10-22-16)27-15-7-12(20)14(6-13(15)21)24-18(25)26-9-11-4-2-1-3-5-11/h1-8,10H,9H2,(H,24,25). The fourth-order valence-electron chi connectivity index (χ4n) is 2.06. The minimum atomic E-state index is -0.923. The first-order valence-electron chi connectivity index (χ1n) is 7.63. The average molecular weight is 392 g/mol. The quantitative estimate of drug-likeness (QED) is 0.623. The van der Waals surface area contributed by atoms with Crippen LogP contribution in [0.5, 0.6) is 11.6 Å². The molecule has 0 aliphatic rings. The van der Waals surface area contributed by atoms with Gasteiger partial charge in [0, 0.05) is 18.2 Å². The van der Waals surface area contributed by atoms with Gasteiger partial charge in [-0.05, 0) is 5.56 Å². The molecule has 0 atom stereocenters. The van der Waals surface area contributed by atoms with Crippen LogP contribution in [0.3, 0.4) is 0 Å². The highest BCUT2D eigenvalue weighted by molar-refractivity contribution is 6.29. The molecule has 1 amide bonds. The van der Waals surface area contributed by atoms with Crippen molar-refractivity contribution >= 4 is 23.4 Å². The molecule has 0 spiro atoms. The van der Waals surface area contributed by atoms with E-state index in [2.05, 4.69) is 15.3 Å². The third kappa shape index (κ3) is 5.11. The first kappa shape index (κ1) is 18.5. The maximum atomic E-state index is 14.2. The molecule has 1 heterocycles. The number of nitrogens with zero attached hydrogens (tertiary/aromatic N) is 2.